The molecule has 0 aromatic carbocycles. The molecule has 0 aliphatic rings. The van der Waals surface area contributed by atoms with E-state index < -0.39 is 11.7 Å². The molecular weight excluding hydrogens is 254 g/mol. The molecule has 5 heteroatoms. The molecule has 2 heterocycles. The van der Waals surface area contributed by atoms with E-state index in [4.69, 9.17) is 0 Å². The minimum atomic E-state index is -0.659. The molecule has 20 heavy (non-hydrogen) atoms. The Labute approximate surface area is 117 Å². The van der Waals surface area contributed by atoms with E-state index in [0.29, 0.717) is 5.69 Å². The molecule has 0 saturated heterocycles. The fourth-order valence-electron chi connectivity index (χ4n) is 1.70. The maximum atomic E-state index is 11.9. The molecule has 102 valence electrons. The molecule has 0 spiro atoms. The van der Waals surface area contributed by atoms with Gasteiger partial charge in [0.25, 0.3) is 11.7 Å². The van der Waals surface area contributed by atoms with E-state index in [-0.39, 0.29) is 11.6 Å². The number of Topliss-reactive ketones (excluding diaryl/α,β-unsaturated/α-hetero) is 1. The van der Waals surface area contributed by atoms with Crippen molar-refractivity contribution in [1.82, 2.24) is 15.3 Å². The van der Waals surface area contributed by atoms with Gasteiger partial charge in [0.15, 0.2) is 0 Å². The zero-order valence-electron chi connectivity index (χ0n) is 11.3. The third kappa shape index (κ3) is 3.26. The fraction of sp³-hybridized carbons (Fsp3) is 0.200. The molecule has 1 N–H and O–H groups in total. The highest BCUT2D eigenvalue weighted by molar-refractivity contribution is 6.42. The lowest BCUT2D eigenvalue weighted by atomic mass is 10.1. The highest BCUT2D eigenvalue weighted by Crippen LogP contribution is 2.10. The summed E-state index contributed by atoms with van der Waals surface area (Å²) in [5, 5.41) is 2.64. The first-order chi connectivity index (χ1) is 9.58. The van der Waals surface area contributed by atoms with Crippen LogP contribution in [0.1, 0.15) is 34.6 Å². The summed E-state index contributed by atoms with van der Waals surface area (Å²) < 4.78 is 0. The van der Waals surface area contributed by atoms with Crippen LogP contribution >= 0.6 is 0 Å². The van der Waals surface area contributed by atoms with E-state index in [1.165, 1.54) is 6.20 Å². The summed E-state index contributed by atoms with van der Waals surface area (Å²) >= 11 is 0. The Bertz CT molecular complexity index is 609. The normalized spacial score (nSPS) is 11.7. The first kappa shape index (κ1) is 13.9. The Hall–Kier alpha value is -2.56. The van der Waals surface area contributed by atoms with Crippen molar-refractivity contribution in [3.63, 3.8) is 0 Å². The van der Waals surface area contributed by atoms with Crippen molar-refractivity contribution in [2.75, 3.05) is 0 Å². The van der Waals surface area contributed by atoms with Gasteiger partial charge < -0.3 is 5.32 Å². The van der Waals surface area contributed by atoms with Gasteiger partial charge in [-0.3, -0.25) is 19.6 Å². The van der Waals surface area contributed by atoms with Gasteiger partial charge in [-0.05, 0) is 37.6 Å². The summed E-state index contributed by atoms with van der Waals surface area (Å²) in [6, 6.07) is 6.58. The van der Waals surface area contributed by atoms with Gasteiger partial charge in [-0.15, -0.1) is 0 Å². The fourth-order valence-corrected chi connectivity index (χ4v) is 1.70. The Morgan fingerprint density at radius 1 is 1.20 bits per heavy atom. The lowest BCUT2D eigenvalue weighted by Gasteiger charge is -2.12. The number of amides is 1. The van der Waals surface area contributed by atoms with Gasteiger partial charge in [0.1, 0.15) is 0 Å². The Kier molecular flexibility index (Phi) is 4.20. The van der Waals surface area contributed by atoms with Gasteiger partial charge in [0, 0.05) is 24.2 Å². The first-order valence-corrected chi connectivity index (χ1v) is 6.25. The van der Waals surface area contributed by atoms with E-state index in [9.17, 15) is 9.59 Å². The maximum Gasteiger partial charge on any atom is 0.292 e. The quantitative estimate of drug-likeness (QED) is 0.679. The number of nitrogens with zero attached hydrogens (tertiary/aromatic N) is 2. The second-order valence-electron chi connectivity index (χ2n) is 4.53. The summed E-state index contributed by atoms with van der Waals surface area (Å²) in [5.74, 6) is -1.26. The molecule has 0 bridgehead atoms. The number of nitrogens with one attached hydrogen (secondary N) is 1. The summed E-state index contributed by atoms with van der Waals surface area (Å²) in [5.41, 5.74) is 2.02. The average molecular weight is 269 g/mol. The average Bonchev–Trinajstić information content (AvgIpc) is 2.48. The van der Waals surface area contributed by atoms with Crippen molar-refractivity contribution in [2.45, 2.75) is 19.9 Å². The number of carbonyl (C=O) groups is 2. The van der Waals surface area contributed by atoms with Crippen molar-refractivity contribution in [3.8, 4) is 0 Å². The number of aromatic nitrogens is 2. The molecule has 1 atom stereocenters. The largest absolute Gasteiger partial charge is 0.341 e. The molecule has 5 nitrogen and oxygen atoms in total. The van der Waals surface area contributed by atoms with Crippen molar-refractivity contribution >= 4 is 11.7 Å². The predicted octanol–water partition coefficient (Wildman–Crippen LogP) is 1.85. The molecule has 2 aromatic rings. The second-order valence-corrected chi connectivity index (χ2v) is 4.53. The van der Waals surface area contributed by atoms with E-state index in [1.54, 1.807) is 31.5 Å². The zero-order chi connectivity index (χ0) is 14.5. The predicted molar refractivity (Wildman–Crippen MR) is 74.1 cm³/mol. The third-order valence-corrected chi connectivity index (χ3v) is 2.86. The molecule has 0 radical (unpaired) electrons. The zero-order valence-corrected chi connectivity index (χ0v) is 11.3. The number of ketones is 1. The monoisotopic (exact) mass is 269 g/mol. The smallest absolute Gasteiger partial charge is 0.292 e. The van der Waals surface area contributed by atoms with Crippen molar-refractivity contribution in [1.29, 1.82) is 0 Å². The van der Waals surface area contributed by atoms with Gasteiger partial charge in [-0.2, -0.15) is 0 Å². The van der Waals surface area contributed by atoms with Gasteiger partial charge >= 0.3 is 0 Å². The van der Waals surface area contributed by atoms with E-state index >= 15 is 0 Å². The third-order valence-electron chi connectivity index (χ3n) is 2.86. The van der Waals surface area contributed by atoms with Crippen LogP contribution in [0.4, 0.5) is 0 Å². The molecular formula is C15H15N3O2. The maximum absolute atomic E-state index is 11.9. The van der Waals surface area contributed by atoms with Crippen LogP contribution in [0.2, 0.25) is 0 Å². The summed E-state index contributed by atoms with van der Waals surface area (Å²) in [4.78, 5) is 31.8. The van der Waals surface area contributed by atoms with Crippen LogP contribution in [-0.2, 0) is 4.79 Å². The molecule has 0 aliphatic heterocycles. The number of carbonyl (C=O) groups excluding carboxylic acids is 2. The summed E-state index contributed by atoms with van der Waals surface area (Å²) in [6.07, 6.45) is 4.64. The number of hydrogen-bond acceptors (Lipinski definition) is 4. The lowest BCUT2D eigenvalue weighted by Crippen LogP contribution is -2.33. The highest BCUT2D eigenvalue weighted by Gasteiger charge is 2.19. The SMILES string of the molecule is Cc1ccc([C@@H](C)NC(=O)C(=O)c2cccnc2)nc1. The van der Waals surface area contributed by atoms with E-state index in [0.717, 1.165) is 5.56 Å². The molecule has 0 fully saturated rings. The van der Waals surface area contributed by atoms with Crippen molar-refractivity contribution in [3.05, 3.63) is 59.7 Å². The molecule has 0 aliphatic carbocycles. The van der Waals surface area contributed by atoms with Crippen LogP contribution < -0.4 is 5.32 Å². The molecule has 0 saturated carbocycles. The van der Waals surface area contributed by atoms with E-state index in [1.807, 2.05) is 19.1 Å². The molecule has 1 amide bonds. The minimum absolute atomic E-state index is 0.272. The van der Waals surface area contributed by atoms with Crippen LogP contribution in [0.5, 0.6) is 0 Å². The van der Waals surface area contributed by atoms with Crippen molar-refractivity contribution < 1.29 is 9.59 Å². The summed E-state index contributed by atoms with van der Waals surface area (Å²) in [6.45, 7) is 3.72. The number of aryl methyl sites for hydroxylation is 1. The minimum Gasteiger partial charge on any atom is -0.341 e. The van der Waals surface area contributed by atoms with Crippen LogP contribution in [0.15, 0.2) is 42.9 Å². The Balaban J connectivity index is 2.04. The molecule has 0 unspecified atom stereocenters. The number of rotatable bonds is 4. The standard InChI is InChI=1S/C15H15N3O2/c1-10-5-6-13(17-8-10)11(2)18-15(20)14(19)12-4-3-7-16-9-12/h3-9,11H,1-2H3,(H,18,20)/t11-/m1/s1. The topological polar surface area (TPSA) is 72.0 Å². The van der Waals surface area contributed by atoms with Gasteiger partial charge in [-0.25, -0.2) is 0 Å². The van der Waals surface area contributed by atoms with Gasteiger partial charge in [0.2, 0.25) is 0 Å². The van der Waals surface area contributed by atoms with Crippen LogP contribution in [-0.4, -0.2) is 21.7 Å². The van der Waals surface area contributed by atoms with Crippen LogP contribution in [0.25, 0.3) is 0 Å². The van der Waals surface area contributed by atoms with E-state index in [2.05, 4.69) is 15.3 Å². The first-order valence-electron chi connectivity index (χ1n) is 6.25. The second kappa shape index (κ2) is 6.06. The number of pyridine rings is 2. The molecule has 2 rings (SSSR count). The van der Waals surface area contributed by atoms with Crippen LogP contribution in [0, 0.1) is 6.92 Å². The van der Waals surface area contributed by atoms with Gasteiger partial charge in [-0.1, -0.05) is 6.07 Å². The molecule has 2 aromatic heterocycles. The lowest BCUT2D eigenvalue weighted by molar-refractivity contribution is -0.117. The Morgan fingerprint density at radius 2 is 2.00 bits per heavy atom. The number of hydrogen-bond donors (Lipinski definition) is 1. The van der Waals surface area contributed by atoms with Gasteiger partial charge in [0.05, 0.1) is 11.7 Å². The highest BCUT2D eigenvalue weighted by atomic mass is 16.2. The Morgan fingerprint density at radius 3 is 2.60 bits per heavy atom. The summed E-state index contributed by atoms with van der Waals surface area (Å²) in [7, 11) is 0. The van der Waals surface area contributed by atoms with Crippen LogP contribution in [0.3, 0.4) is 0 Å². The van der Waals surface area contributed by atoms with Crippen molar-refractivity contribution in [2.24, 2.45) is 0 Å².